The number of thioether (sulfide) groups is 1. The molecule has 1 fully saturated rings. The average Bonchev–Trinajstić information content (AvgIpc) is 2.91. The second-order valence-corrected chi connectivity index (χ2v) is 7.20. The maximum atomic E-state index is 13.6. The van der Waals surface area contributed by atoms with E-state index in [4.69, 9.17) is 17.0 Å². The van der Waals surface area contributed by atoms with E-state index in [0.29, 0.717) is 15.8 Å². The highest BCUT2D eigenvalue weighted by Crippen LogP contribution is 2.32. The summed E-state index contributed by atoms with van der Waals surface area (Å²) in [5.74, 6) is -1.30. The molecule has 0 N–H and O–H groups in total. The molecule has 27 heavy (non-hydrogen) atoms. The minimum absolute atomic E-state index is 0.132. The number of carbonyl (C=O) groups excluding carboxylic acids is 2. The van der Waals surface area contributed by atoms with Crippen molar-refractivity contribution in [1.29, 1.82) is 0 Å². The maximum Gasteiger partial charge on any atom is 0.346 e. The number of thiocarbonyl (C=S) groups is 1. The molecule has 0 saturated carbocycles. The molecule has 0 spiro atoms. The summed E-state index contributed by atoms with van der Waals surface area (Å²) in [7, 11) is 0. The number of benzene rings is 2. The average molecular weight is 399 g/mol. The van der Waals surface area contributed by atoms with E-state index < -0.39 is 11.8 Å². The van der Waals surface area contributed by atoms with Gasteiger partial charge < -0.3 is 4.74 Å². The largest absolute Gasteiger partial charge is 0.423 e. The molecule has 2 aromatic rings. The Hall–Kier alpha value is -2.77. The Balaban J connectivity index is 1.72. The standard InChI is InChI=1S/C20H14FNO3S2/c1-2-11-22-18(23)17(27-20(22)26)12-13-7-9-14(10-8-13)25-19(24)15-5-3-4-6-16(15)21/h2-10,12H,1,11H2/b17-12-. The van der Waals surface area contributed by atoms with Crippen LogP contribution in [0.1, 0.15) is 15.9 Å². The molecule has 0 atom stereocenters. The molecular weight excluding hydrogens is 385 g/mol. The van der Waals surface area contributed by atoms with E-state index in [0.717, 1.165) is 5.56 Å². The Morgan fingerprint density at radius 1 is 1.22 bits per heavy atom. The first-order valence-corrected chi connectivity index (χ1v) is 9.15. The molecule has 1 aliphatic rings. The molecule has 3 rings (SSSR count). The molecule has 0 aromatic heterocycles. The fourth-order valence-corrected chi connectivity index (χ4v) is 3.63. The van der Waals surface area contributed by atoms with Gasteiger partial charge in [0.05, 0.1) is 10.5 Å². The second-order valence-electron chi connectivity index (χ2n) is 5.52. The zero-order valence-electron chi connectivity index (χ0n) is 14.1. The van der Waals surface area contributed by atoms with Crippen LogP contribution in [0.3, 0.4) is 0 Å². The van der Waals surface area contributed by atoms with Gasteiger partial charge in [-0.2, -0.15) is 0 Å². The van der Waals surface area contributed by atoms with Gasteiger partial charge in [-0.1, -0.05) is 54.3 Å². The summed E-state index contributed by atoms with van der Waals surface area (Å²) in [5, 5.41) is 0. The Morgan fingerprint density at radius 3 is 2.59 bits per heavy atom. The lowest BCUT2D eigenvalue weighted by atomic mass is 10.2. The van der Waals surface area contributed by atoms with Gasteiger partial charge in [0, 0.05) is 6.54 Å². The van der Waals surface area contributed by atoms with Crippen molar-refractivity contribution >= 4 is 46.3 Å². The van der Waals surface area contributed by atoms with E-state index in [1.54, 1.807) is 42.5 Å². The molecule has 0 aliphatic carbocycles. The van der Waals surface area contributed by atoms with Crippen LogP contribution in [0.4, 0.5) is 4.39 Å². The third-order valence-corrected chi connectivity index (χ3v) is 5.05. The summed E-state index contributed by atoms with van der Waals surface area (Å²) >= 11 is 6.42. The topological polar surface area (TPSA) is 46.6 Å². The number of hydrogen-bond acceptors (Lipinski definition) is 5. The van der Waals surface area contributed by atoms with Crippen molar-refractivity contribution in [2.75, 3.05) is 6.54 Å². The third kappa shape index (κ3) is 4.32. The molecule has 1 heterocycles. The Labute approximate surface area is 165 Å². The lowest BCUT2D eigenvalue weighted by molar-refractivity contribution is -0.121. The lowest BCUT2D eigenvalue weighted by Gasteiger charge is -2.10. The van der Waals surface area contributed by atoms with E-state index in [-0.39, 0.29) is 17.2 Å². The number of carbonyl (C=O) groups is 2. The summed E-state index contributed by atoms with van der Waals surface area (Å²) in [4.78, 5) is 26.3. The zero-order chi connectivity index (χ0) is 19.4. The molecule has 7 heteroatoms. The first kappa shape index (κ1) is 19.0. The molecule has 136 valence electrons. The van der Waals surface area contributed by atoms with Crippen molar-refractivity contribution in [1.82, 2.24) is 4.90 Å². The molecule has 4 nitrogen and oxygen atoms in total. The highest BCUT2D eigenvalue weighted by Gasteiger charge is 2.30. The van der Waals surface area contributed by atoms with Gasteiger partial charge in [0.25, 0.3) is 5.91 Å². The van der Waals surface area contributed by atoms with Crippen LogP contribution in [-0.4, -0.2) is 27.6 Å². The quantitative estimate of drug-likeness (QED) is 0.245. The predicted molar refractivity (Wildman–Crippen MR) is 108 cm³/mol. The van der Waals surface area contributed by atoms with Gasteiger partial charge in [0.1, 0.15) is 15.9 Å². The van der Waals surface area contributed by atoms with Gasteiger partial charge in [-0.3, -0.25) is 9.69 Å². The van der Waals surface area contributed by atoms with Crippen molar-refractivity contribution in [3.63, 3.8) is 0 Å². The number of hydrogen-bond donors (Lipinski definition) is 0. The molecule has 0 unspecified atom stereocenters. The van der Waals surface area contributed by atoms with Crippen LogP contribution in [0.25, 0.3) is 6.08 Å². The highest BCUT2D eigenvalue weighted by molar-refractivity contribution is 8.26. The summed E-state index contributed by atoms with van der Waals surface area (Å²) in [6.07, 6.45) is 3.33. The van der Waals surface area contributed by atoms with Crippen LogP contribution in [-0.2, 0) is 4.79 Å². The molecule has 1 saturated heterocycles. The predicted octanol–water partition coefficient (Wildman–Crippen LogP) is 4.43. The second kappa shape index (κ2) is 8.28. The maximum absolute atomic E-state index is 13.6. The van der Waals surface area contributed by atoms with Gasteiger partial charge in [-0.05, 0) is 35.9 Å². The zero-order valence-corrected chi connectivity index (χ0v) is 15.7. The first-order valence-electron chi connectivity index (χ1n) is 7.92. The molecule has 0 radical (unpaired) electrons. The van der Waals surface area contributed by atoms with Crippen molar-refractivity contribution < 1.29 is 18.7 Å². The fourth-order valence-electron chi connectivity index (χ4n) is 2.36. The van der Waals surface area contributed by atoms with Gasteiger partial charge in [0.15, 0.2) is 0 Å². The molecule has 0 bridgehead atoms. The molecule has 1 aliphatic heterocycles. The van der Waals surface area contributed by atoms with E-state index in [2.05, 4.69) is 6.58 Å². The third-order valence-electron chi connectivity index (χ3n) is 3.67. The minimum Gasteiger partial charge on any atom is -0.423 e. The number of nitrogens with zero attached hydrogens (tertiary/aromatic N) is 1. The summed E-state index contributed by atoms with van der Waals surface area (Å²) in [6, 6.07) is 12.2. The van der Waals surface area contributed by atoms with Crippen molar-refractivity contribution in [2.24, 2.45) is 0 Å². The Morgan fingerprint density at radius 2 is 1.93 bits per heavy atom. The minimum atomic E-state index is -0.772. The Kier molecular flexibility index (Phi) is 5.83. The molecule has 2 aromatic carbocycles. The number of halogens is 1. The number of esters is 1. The van der Waals surface area contributed by atoms with Gasteiger partial charge in [0.2, 0.25) is 0 Å². The van der Waals surface area contributed by atoms with Gasteiger partial charge in [-0.25, -0.2) is 9.18 Å². The van der Waals surface area contributed by atoms with Crippen molar-refractivity contribution in [3.05, 3.63) is 83.0 Å². The smallest absolute Gasteiger partial charge is 0.346 e. The van der Waals surface area contributed by atoms with Crippen LogP contribution in [0, 0.1) is 5.82 Å². The van der Waals surface area contributed by atoms with Gasteiger partial charge in [-0.15, -0.1) is 6.58 Å². The van der Waals surface area contributed by atoms with Crippen LogP contribution >= 0.6 is 24.0 Å². The number of rotatable bonds is 5. The lowest BCUT2D eigenvalue weighted by Crippen LogP contribution is -2.27. The van der Waals surface area contributed by atoms with Crippen molar-refractivity contribution in [3.8, 4) is 5.75 Å². The van der Waals surface area contributed by atoms with E-state index in [1.807, 2.05) is 0 Å². The highest BCUT2D eigenvalue weighted by atomic mass is 32.2. The van der Waals surface area contributed by atoms with Crippen LogP contribution in [0.5, 0.6) is 5.75 Å². The number of ether oxygens (including phenoxy) is 1. The number of amides is 1. The summed E-state index contributed by atoms with van der Waals surface area (Å²) in [5.41, 5.74) is 0.618. The van der Waals surface area contributed by atoms with Gasteiger partial charge >= 0.3 is 5.97 Å². The van der Waals surface area contributed by atoms with Crippen LogP contribution in [0.15, 0.2) is 66.1 Å². The monoisotopic (exact) mass is 399 g/mol. The van der Waals surface area contributed by atoms with Crippen molar-refractivity contribution in [2.45, 2.75) is 0 Å². The van der Waals surface area contributed by atoms with E-state index in [9.17, 15) is 14.0 Å². The Bertz CT molecular complexity index is 954. The van der Waals surface area contributed by atoms with Crippen LogP contribution < -0.4 is 4.74 Å². The molecular formula is C20H14FNO3S2. The summed E-state index contributed by atoms with van der Waals surface area (Å²) < 4.78 is 19.3. The van der Waals surface area contributed by atoms with E-state index in [1.165, 1.54) is 34.9 Å². The normalized spacial score (nSPS) is 15.3. The SMILES string of the molecule is C=CCN1C(=O)/C(=C/c2ccc(OC(=O)c3ccccc3F)cc2)SC1=S. The van der Waals surface area contributed by atoms with E-state index >= 15 is 0 Å². The first-order chi connectivity index (χ1) is 13.0. The molecule has 1 amide bonds. The summed E-state index contributed by atoms with van der Waals surface area (Å²) in [6.45, 7) is 3.98. The van der Waals surface area contributed by atoms with Crippen LogP contribution in [0.2, 0.25) is 0 Å². The fraction of sp³-hybridized carbons (Fsp3) is 0.0500.